The van der Waals surface area contributed by atoms with E-state index in [2.05, 4.69) is 55.2 Å². The van der Waals surface area contributed by atoms with Crippen LogP contribution in [0.1, 0.15) is 38.3 Å². The van der Waals surface area contributed by atoms with Gasteiger partial charge in [0.15, 0.2) is 0 Å². The number of nitrogens with zero attached hydrogens (tertiary/aromatic N) is 4. The molecule has 2 fully saturated rings. The van der Waals surface area contributed by atoms with Crippen LogP contribution in [0.15, 0.2) is 12.3 Å². The molecule has 1 aromatic rings. The first kappa shape index (κ1) is 15.0. The smallest absolute Gasteiger partial charge is 0.0764 e. The Morgan fingerprint density at radius 2 is 1.71 bits per heavy atom. The van der Waals surface area contributed by atoms with Gasteiger partial charge in [0.05, 0.1) is 5.69 Å². The van der Waals surface area contributed by atoms with Gasteiger partial charge in [-0.25, -0.2) is 0 Å². The van der Waals surface area contributed by atoms with E-state index in [-0.39, 0.29) is 0 Å². The minimum atomic E-state index is 0.759. The van der Waals surface area contributed by atoms with Gasteiger partial charge < -0.3 is 4.90 Å². The summed E-state index contributed by atoms with van der Waals surface area (Å²) in [5, 5.41) is 4.62. The monoisotopic (exact) mass is 290 g/mol. The van der Waals surface area contributed by atoms with Crippen LogP contribution in [-0.4, -0.2) is 52.8 Å². The second kappa shape index (κ2) is 6.09. The number of fused-ring (bicyclic) bond motifs is 1. The topological polar surface area (TPSA) is 24.3 Å². The molecule has 3 rings (SSSR count). The van der Waals surface area contributed by atoms with Gasteiger partial charge in [-0.05, 0) is 71.7 Å². The predicted octanol–water partition coefficient (Wildman–Crippen LogP) is 2.45. The molecule has 2 aliphatic carbocycles. The van der Waals surface area contributed by atoms with Crippen LogP contribution < -0.4 is 0 Å². The third-order valence-electron chi connectivity index (χ3n) is 5.75. The molecule has 1 aromatic heterocycles. The van der Waals surface area contributed by atoms with Gasteiger partial charge in [0.25, 0.3) is 0 Å². The molecule has 0 aliphatic heterocycles. The zero-order valence-electron chi connectivity index (χ0n) is 14.0. The summed E-state index contributed by atoms with van der Waals surface area (Å²) in [6.45, 7) is 4.09. The van der Waals surface area contributed by atoms with E-state index in [0.29, 0.717) is 0 Å². The maximum Gasteiger partial charge on any atom is 0.0764 e. The maximum absolute atomic E-state index is 4.62. The van der Waals surface area contributed by atoms with E-state index in [9.17, 15) is 0 Å². The van der Waals surface area contributed by atoms with Crippen LogP contribution in [0.4, 0.5) is 0 Å². The summed E-state index contributed by atoms with van der Waals surface area (Å²) in [6, 6.07) is 3.75. The Bertz CT molecular complexity index is 453. The summed E-state index contributed by atoms with van der Waals surface area (Å²) in [4.78, 5) is 4.96. The Kier molecular flexibility index (Phi) is 4.36. The Labute approximate surface area is 129 Å². The molecule has 0 amide bonds. The lowest BCUT2D eigenvalue weighted by Gasteiger charge is -2.26. The van der Waals surface area contributed by atoms with Crippen molar-refractivity contribution < 1.29 is 0 Å². The summed E-state index contributed by atoms with van der Waals surface area (Å²) in [6.07, 6.45) is 7.69. The van der Waals surface area contributed by atoms with Gasteiger partial charge in [0.2, 0.25) is 0 Å². The minimum Gasteiger partial charge on any atom is -0.306 e. The quantitative estimate of drug-likeness (QED) is 0.832. The van der Waals surface area contributed by atoms with Gasteiger partial charge >= 0.3 is 0 Å². The summed E-state index contributed by atoms with van der Waals surface area (Å²) < 4.78 is 2.02. The lowest BCUT2D eigenvalue weighted by atomic mass is 10.0. The number of hydrogen-bond donors (Lipinski definition) is 0. The van der Waals surface area contributed by atoms with Crippen LogP contribution in [0.2, 0.25) is 0 Å². The molecule has 0 saturated heterocycles. The molecule has 21 heavy (non-hydrogen) atoms. The van der Waals surface area contributed by atoms with E-state index in [1.807, 2.05) is 4.68 Å². The van der Waals surface area contributed by atoms with Crippen molar-refractivity contribution in [2.24, 2.45) is 11.8 Å². The molecule has 0 spiro atoms. The summed E-state index contributed by atoms with van der Waals surface area (Å²) in [7, 11) is 6.75. The third kappa shape index (κ3) is 3.16. The van der Waals surface area contributed by atoms with E-state index < -0.39 is 0 Å². The molecule has 4 heteroatoms. The Morgan fingerprint density at radius 3 is 2.24 bits per heavy atom. The first-order chi connectivity index (χ1) is 10.1. The van der Waals surface area contributed by atoms with E-state index in [1.54, 1.807) is 0 Å². The Balaban J connectivity index is 1.53. The van der Waals surface area contributed by atoms with Crippen molar-refractivity contribution in [3.05, 3.63) is 18.0 Å². The van der Waals surface area contributed by atoms with Crippen LogP contribution in [-0.2, 0) is 13.1 Å². The largest absolute Gasteiger partial charge is 0.306 e. The predicted molar refractivity (Wildman–Crippen MR) is 86.1 cm³/mol. The highest BCUT2D eigenvalue weighted by atomic mass is 15.3. The van der Waals surface area contributed by atoms with Crippen LogP contribution in [0.3, 0.4) is 0 Å². The molecular weight excluding hydrogens is 260 g/mol. The molecule has 4 atom stereocenters. The van der Waals surface area contributed by atoms with E-state index in [4.69, 9.17) is 0 Å². The summed E-state index contributed by atoms with van der Waals surface area (Å²) in [5.74, 6) is 1.91. The normalized spacial score (nSPS) is 32.3. The van der Waals surface area contributed by atoms with Crippen molar-refractivity contribution >= 4 is 0 Å². The van der Waals surface area contributed by atoms with Crippen LogP contribution >= 0.6 is 0 Å². The highest BCUT2D eigenvalue weighted by Gasteiger charge is 2.43. The number of rotatable bonds is 5. The lowest BCUT2D eigenvalue weighted by molar-refractivity contribution is 0.209. The molecule has 118 valence electrons. The Morgan fingerprint density at radius 1 is 1.10 bits per heavy atom. The van der Waals surface area contributed by atoms with Crippen molar-refractivity contribution in [2.75, 3.05) is 21.1 Å². The maximum atomic E-state index is 4.62. The van der Waals surface area contributed by atoms with Crippen LogP contribution in [0, 0.1) is 11.8 Å². The SMILES string of the molecule is CCn1ccc(CN(C)C2C[C@H]3CC(N(C)C)C[C@H]3C2)n1. The van der Waals surface area contributed by atoms with Crippen molar-refractivity contribution in [2.45, 2.75) is 57.8 Å². The molecule has 2 aliphatic rings. The molecule has 1 heterocycles. The fraction of sp³-hybridized carbons (Fsp3) is 0.824. The van der Waals surface area contributed by atoms with E-state index >= 15 is 0 Å². The molecular formula is C17H30N4. The zero-order chi connectivity index (χ0) is 15.0. The lowest BCUT2D eigenvalue weighted by Crippen LogP contribution is -2.31. The van der Waals surface area contributed by atoms with Crippen molar-refractivity contribution in [1.29, 1.82) is 0 Å². The number of aromatic nitrogens is 2. The summed E-state index contributed by atoms with van der Waals surface area (Å²) in [5.41, 5.74) is 1.21. The minimum absolute atomic E-state index is 0.759. The van der Waals surface area contributed by atoms with Crippen LogP contribution in [0.5, 0.6) is 0 Å². The molecule has 2 saturated carbocycles. The fourth-order valence-corrected chi connectivity index (χ4v) is 4.38. The van der Waals surface area contributed by atoms with Crippen molar-refractivity contribution in [1.82, 2.24) is 19.6 Å². The van der Waals surface area contributed by atoms with Gasteiger partial charge in [0.1, 0.15) is 0 Å². The van der Waals surface area contributed by atoms with Gasteiger partial charge in [0, 0.05) is 31.4 Å². The third-order valence-corrected chi connectivity index (χ3v) is 5.75. The van der Waals surface area contributed by atoms with Gasteiger partial charge in [-0.3, -0.25) is 9.58 Å². The average Bonchev–Trinajstić information content (AvgIpc) is 3.11. The number of aryl methyl sites for hydroxylation is 1. The molecule has 4 nitrogen and oxygen atoms in total. The highest BCUT2D eigenvalue weighted by molar-refractivity contribution is 5.01. The molecule has 0 radical (unpaired) electrons. The molecule has 0 aromatic carbocycles. The standard InChI is InChI=1S/C17H30N4/c1-5-21-7-6-15(18-21)12-20(4)17-10-13-8-16(19(2)3)9-14(13)11-17/h6-7,13-14,16-17H,5,8-12H2,1-4H3/t13-,14+,16?,17?. The van der Waals surface area contributed by atoms with Gasteiger partial charge in [-0.15, -0.1) is 0 Å². The first-order valence-corrected chi connectivity index (χ1v) is 8.45. The molecule has 0 bridgehead atoms. The van der Waals surface area contributed by atoms with E-state index in [0.717, 1.165) is 37.0 Å². The summed E-state index contributed by atoms with van der Waals surface area (Å²) >= 11 is 0. The van der Waals surface area contributed by atoms with Crippen molar-refractivity contribution in [3.8, 4) is 0 Å². The van der Waals surface area contributed by atoms with Gasteiger partial charge in [-0.2, -0.15) is 5.10 Å². The first-order valence-electron chi connectivity index (χ1n) is 8.45. The zero-order valence-corrected chi connectivity index (χ0v) is 14.0. The second-order valence-electron chi connectivity index (χ2n) is 7.31. The average molecular weight is 290 g/mol. The Hall–Kier alpha value is -0.870. The number of hydrogen-bond acceptors (Lipinski definition) is 3. The molecule has 0 N–H and O–H groups in total. The van der Waals surface area contributed by atoms with Gasteiger partial charge in [-0.1, -0.05) is 0 Å². The molecule has 2 unspecified atom stereocenters. The van der Waals surface area contributed by atoms with Crippen LogP contribution in [0.25, 0.3) is 0 Å². The highest BCUT2D eigenvalue weighted by Crippen LogP contribution is 2.46. The second-order valence-corrected chi connectivity index (χ2v) is 7.31. The van der Waals surface area contributed by atoms with Crippen molar-refractivity contribution in [3.63, 3.8) is 0 Å². The fourth-order valence-electron chi connectivity index (χ4n) is 4.38. The van der Waals surface area contributed by atoms with E-state index in [1.165, 1.54) is 31.4 Å².